The van der Waals surface area contributed by atoms with E-state index in [0.717, 1.165) is 22.4 Å². The van der Waals surface area contributed by atoms with Crippen LogP contribution >= 0.6 is 0 Å². The van der Waals surface area contributed by atoms with Gasteiger partial charge in [-0.25, -0.2) is 0 Å². The van der Waals surface area contributed by atoms with Crippen LogP contribution < -0.4 is 10.5 Å². The minimum atomic E-state index is -0.626. The predicted octanol–water partition coefficient (Wildman–Crippen LogP) is 3.26. The summed E-state index contributed by atoms with van der Waals surface area (Å²) in [6.45, 7) is 11.4. The van der Waals surface area contributed by atoms with E-state index in [-0.39, 0.29) is 5.78 Å². The number of Topliss-reactive ketones (excluding diaryl/α,β-unsaturated/α-hetero) is 1. The molecule has 0 radical (unpaired) electrons. The molecule has 19 heavy (non-hydrogen) atoms. The molecule has 0 heterocycles. The number of hydrogen-bond donors (Lipinski definition) is 1. The highest BCUT2D eigenvalue weighted by Crippen LogP contribution is 2.34. The molecule has 2 N–H and O–H groups in total. The summed E-state index contributed by atoms with van der Waals surface area (Å²) < 4.78 is 5.28. The highest BCUT2D eigenvalue weighted by Gasteiger charge is 2.41. The van der Waals surface area contributed by atoms with Crippen LogP contribution in [0.3, 0.4) is 0 Å². The van der Waals surface area contributed by atoms with E-state index in [9.17, 15) is 4.79 Å². The van der Waals surface area contributed by atoms with E-state index in [4.69, 9.17) is 10.5 Å². The van der Waals surface area contributed by atoms with E-state index >= 15 is 0 Å². The minimum absolute atomic E-state index is 0.0725. The third-order valence-corrected chi connectivity index (χ3v) is 4.16. The van der Waals surface area contributed by atoms with Gasteiger partial charge in [0, 0.05) is 16.5 Å². The van der Waals surface area contributed by atoms with E-state index in [1.54, 1.807) is 7.11 Å². The fraction of sp³-hybridized carbons (Fsp3) is 0.562. The normalized spacial score (nSPS) is 12.4. The van der Waals surface area contributed by atoms with Crippen LogP contribution in [-0.4, -0.2) is 18.4 Å². The molecule has 1 aromatic rings. The van der Waals surface area contributed by atoms with Gasteiger partial charge >= 0.3 is 0 Å². The van der Waals surface area contributed by atoms with E-state index < -0.39 is 11.0 Å². The van der Waals surface area contributed by atoms with Crippen molar-refractivity contribution in [1.82, 2.24) is 0 Å². The molecule has 0 atom stereocenters. The van der Waals surface area contributed by atoms with Gasteiger partial charge in [-0.15, -0.1) is 0 Å². The lowest BCUT2D eigenvalue weighted by Gasteiger charge is -2.37. The zero-order valence-corrected chi connectivity index (χ0v) is 13.0. The molecule has 106 valence electrons. The topological polar surface area (TPSA) is 52.3 Å². The van der Waals surface area contributed by atoms with Gasteiger partial charge < -0.3 is 10.5 Å². The van der Waals surface area contributed by atoms with Gasteiger partial charge in [-0.1, -0.05) is 13.8 Å². The number of ether oxygens (including phenoxy) is 1. The molecule has 0 aliphatic heterocycles. The molecule has 3 heteroatoms. The maximum atomic E-state index is 12.8. The monoisotopic (exact) mass is 263 g/mol. The average Bonchev–Trinajstić information content (AvgIpc) is 2.29. The van der Waals surface area contributed by atoms with Crippen molar-refractivity contribution in [3.8, 4) is 5.75 Å². The molecule has 0 amide bonds. The number of aryl methyl sites for hydroxylation is 2. The van der Waals surface area contributed by atoms with Crippen LogP contribution in [0, 0.1) is 19.3 Å². The van der Waals surface area contributed by atoms with Crippen LogP contribution in [0.4, 0.5) is 0 Å². The third kappa shape index (κ3) is 2.81. The number of carbonyl (C=O) groups is 1. The van der Waals surface area contributed by atoms with Gasteiger partial charge in [-0.2, -0.15) is 0 Å². The van der Waals surface area contributed by atoms with Gasteiger partial charge in [-0.3, -0.25) is 4.79 Å². The van der Waals surface area contributed by atoms with Crippen molar-refractivity contribution in [2.24, 2.45) is 11.1 Å². The maximum Gasteiger partial charge on any atom is 0.170 e. The summed E-state index contributed by atoms with van der Waals surface area (Å²) in [4.78, 5) is 12.8. The summed E-state index contributed by atoms with van der Waals surface area (Å²) in [5, 5.41) is 0. The predicted molar refractivity (Wildman–Crippen MR) is 78.8 cm³/mol. The van der Waals surface area contributed by atoms with Crippen LogP contribution in [-0.2, 0) is 0 Å². The van der Waals surface area contributed by atoms with Crippen molar-refractivity contribution in [3.63, 3.8) is 0 Å². The van der Waals surface area contributed by atoms with Gasteiger partial charge in [0.25, 0.3) is 0 Å². The Hall–Kier alpha value is -1.35. The molecule has 0 fully saturated rings. The van der Waals surface area contributed by atoms with E-state index in [1.165, 1.54) is 0 Å². The number of ketones is 1. The highest BCUT2D eigenvalue weighted by atomic mass is 16.5. The summed E-state index contributed by atoms with van der Waals surface area (Å²) in [7, 11) is 1.64. The quantitative estimate of drug-likeness (QED) is 0.848. The molecular formula is C16H25NO2. The first kappa shape index (κ1) is 15.7. The molecule has 3 nitrogen and oxygen atoms in total. The first-order chi connectivity index (χ1) is 8.52. The highest BCUT2D eigenvalue weighted by molar-refractivity contribution is 6.02. The van der Waals surface area contributed by atoms with E-state index in [1.807, 2.05) is 53.7 Å². The Bertz CT molecular complexity index is 496. The summed E-state index contributed by atoms with van der Waals surface area (Å²) in [6.07, 6.45) is 0. The number of hydrogen-bond acceptors (Lipinski definition) is 3. The Balaban J connectivity index is 3.32. The van der Waals surface area contributed by atoms with Crippen molar-refractivity contribution in [1.29, 1.82) is 0 Å². The summed E-state index contributed by atoms with van der Waals surface area (Å²) in [5.41, 5.74) is 7.55. The lowest BCUT2D eigenvalue weighted by molar-refractivity contribution is 0.0734. The zero-order valence-electron chi connectivity index (χ0n) is 13.0. The summed E-state index contributed by atoms with van der Waals surface area (Å²) in [5.74, 6) is 0.877. The average molecular weight is 263 g/mol. The van der Waals surface area contributed by atoms with Crippen molar-refractivity contribution in [2.45, 2.75) is 47.1 Å². The van der Waals surface area contributed by atoms with Crippen molar-refractivity contribution < 1.29 is 9.53 Å². The zero-order chi connectivity index (χ0) is 15.0. The Labute approximate surface area is 116 Å². The lowest BCUT2D eigenvalue weighted by Crippen LogP contribution is -2.52. The van der Waals surface area contributed by atoms with Crippen LogP contribution in [0.25, 0.3) is 0 Å². The second kappa shape index (κ2) is 4.97. The van der Waals surface area contributed by atoms with Crippen LogP contribution in [0.2, 0.25) is 0 Å². The number of carbonyl (C=O) groups excluding carboxylic acids is 1. The number of rotatable bonds is 4. The molecule has 0 unspecified atom stereocenters. The fourth-order valence-corrected chi connectivity index (χ4v) is 1.88. The first-order valence-electron chi connectivity index (χ1n) is 6.51. The van der Waals surface area contributed by atoms with E-state index in [0.29, 0.717) is 0 Å². The van der Waals surface area contributed by atoms with Crippen LogP contribution in [0.15, 0.2) is 12.1 Å². The van der Waals surface area contributed by atoms with Crippen molar-refractivity contribution in [3.05, 3.63) is 28.8 Å². The van der Waals surface area contributed by atoms with Gasteiger partial charge in [0.05, 0.1) is 7.11 Å². The van der Waals surface area contributed by atoms with Gasteiger partial charge in [0.1, 0.15) is 5.75 Å². The maximum absolute atomic E-state index is 12.8. The van der Waals surface area contributed by atoms with Gasteiger partial charge in [0.2, 0.25) is 0 Å². The lowest BCUT2D eigenvalue weighted by atomic mass is 9.69. The van der Waals surface area contributed by atoms with Gasteiger partial charge in [0.15, 0.2) is 5.78 Å². The molecule has 0 aliphatic rings. The standard InChI is InChI=1S/C16H25NO2/c1-10-9-13(19-7)11(2)8-12(10)14(18)15(3,4)16(5,6)17/h8-9H,17H2,1-7H3. The SMILES string of the molecule is COc1cc(C)c(C(=O)C(C)(C)C(C)(C)N)cc1C. The first-order valence-corrected chi connectivity index (χ1v) is 6.51. The number of nitrogens with two attached hydrogens (primary N) is 1. The molecule has 0 saturated carbocycles. The minimum Gasteiger partial charge on any atom is -0.496 e. The molecule has 0 spiro atoms. The molecular weight excluding hydrogens is 238 g/mol. The largest absolute Gasteiger partial charge is 0.496 e. The van der Waals surface area contributed by atoms with E-state index in [2.05, 4.69) is 0 Å². The summed E-state index contributed by atoms with van der Waals surface area (Å²) in [6, 6.07) is 3.80. The molecule has 0 saturated heterocycles. The van der Waals surface area contributed by atoms with Crippen molar-refractivity contribution >= 4 is 5.78 Å². The molecule has 1 aromatic carbocycles. The second-order valence-corrected chi connectivity index (χ2v) is 6.31. The Morgan fingerprint density at radius 2 is 1.63 bits per heavy atom. The Kier molecular flexibility index (Phi) is 4.11. The Morgan fingerprint density at radius 3 is 2.05 bits per heavy atom. The smallest absolute Gasteiger partial charge is 0.170 e. The summed E-state index contributed by atoms with van der Waals surface area (Å²) >= 11 is 0. The second-order valence-electron chi connectivity index (χ2n) is 6.31. The fourth-order valence-electron chi connectivity index (χ4n) is 1.88. The number of benzene rings is 1. The molecule has 1 rings (SSSR count). The van der Waals surface area contributed by atoms with Crippen LogP contribution in [0.5, 0.6) is 5.75 Å². The molecule has 0 aliphatic carbocycles. The van der Waals surface area contributed by atoms with Crippen molar-refractivity contribution in [2.75, 3.05) is 7.11 Å². The molecule has 0 bridgehead atoms. The number of methoxy groups -OCH3 is 1. The van der Waals surface area contributed by atoms with Gasteiger partial charge in [-0.05, 0) is 51.0 Å². The molecule has 0 aromatic heterocycles. The third-order valence-electron chi connectivity index (χ3n) is 4.16. The van der Waals surface area contributed by atoms with Crippen LogP contribution in [0.1, 0.15) is 49.2 Å². The Morgan fingerprint density at radius 1 is 1.11 bits per heavy atom.